The van der Waals surface area contributed by atoms with E-state index in [1.165, 1.54) is 12.1 Å². The van der Waals surface area contributed by atoms with E-state index in [9.17, 15) is 9.18 Å². The second-order valence-electron chi connectivity index (χ2n) is 4.76. The highest BCUT2D eigenvalue weighted by Crippen LogP contribution is 2.32. The topological polar surface area (TPSA) is 54.0 Å². The molecule has 2 heterocycles. The van der Waals surface area contributed by atoms with E-state index in [1.54, 1.807) is 6.07 Å². The number of aromatic nitrogens is 1. The quantitative estimate of drug-likeness (QED) is 0.804. The van der Waals surface area contributed by atoms with E-state index in [1.807, 2.05) is 0 Å². The summed E-state index contributed by atoms with van der Waals surface area (Å²) in [6.45, 7) is 3.60. The van der Waals surface area contributed by atoms with Crippen LogP contribution in [0.1, 0.15) is 26.2 Å². The van der Waals surface area contributed by atoms with Crippen LogP contribution in [0.3, 0.4) is 0 Å². The minimum atomic E-state index is -0.582. The Hall–Kier alpha value is -1.49. The normalized spacial score (nSPS) is 23.0. The number of halogens is 1. The van der Waals surface area contributed by atoms with Gasteiger partial charge in [-0.1, -0.05) is 19.4 Å². The van der Waals surface area contributed by atoms with Crippen molar-refractivity contribution >= 4 is 11.7 Å². The maximum absolute atomic E-state index is 13.0. The van der Waals surface area contributed by atoms with Gasteiger partial charge in [-0.3, -0.25) is 4.79 Å². The van der Waals surface area contributed by atoms with Crippen LogP contribution in [-0.2, 0) is 4.79 Å². The van der Waals surface area contributed by atoms with Gasteiger partial charge in [-0.2, -0.15) is 4.39 Å². The monoisotopic (exact) mass is 251 g/mol. The predicted molar refractivity (Wildman–Crippen MR) is 67.7 cm³/mol. The molecule has 1 aromatic rings. The van der Waals surface area contributed by atoms with Gasteiger partial charge in [0.25, 0.3) is 0 Å². The molecule has 0 bridgehead atoms. The third kappa shape index (κ3) is 2.67. The maximum atomic E-state index is 13.0. The number of hydrogen-bond acceptors (Lipinski definition) is 3. The lowest BCUT2D eigenvalue weighted by Crippen LogP contribution is -2.38. The molecule has 1 aromatic heterocycles. The van der Waals surface area contributed by atoms with Crippen molar-refractivity contribution in [2.24, 2.45) is 5.41 Å². The molecule has 2 N–H and O–H groups in total. The van der Waals surface area contributed by atoms with Crippen LogP contribution in [0.25, 0.3) is 0 Å². The summed E-state index contributed by atoms with van der Waals surface area (Å²) < 4.78 is 13.0. The Morgan fingerprint density at radius 1 is 1.61 bits per heavy atom. The van der Waals surface area contributed by atoms with Crippen LogP contribution in [0.15, 0.2) is 18.2 Å². The summed E-state index contributed by atoms with van der Waals surface area (Å²) >= 11 is 0. The fraction of sp³-hybridized carbons (Fsp3) is 0.538. The third-order valence-electron chi connectivity index (χ3n) is 3.41. The van der Waals surface area contributed by atoms with Gasteiger partial charge in [0, 0.05) is 6.54 Å². The van der Waals surface area contributed by atoms with Gasteiger partial charge in [-0.15, -0.1) is 0 Å². The number of nitrogens with one attached hydrogen (secondary N) is 2. The maximum Gasteiger partial charge on any atom is 0.233 e. The molecule has 1 amide bonds. The van der Waals surface area contributed by atoms with E-state index in [4.69, 9.17) is 0 Å². The zero-order valence-corrected chi connectivity index (χ0v) is 10.5. The van der Waals surface area contributed by atoms with Crippen LogP contribution in [0.4, 0.5) is 10.2 Å². The molecule has 0 aromatic carbocycles. The highest BCUT2D eigenvalue weighted by Gasteiger charge is 2.40. The third-order valence-corrected chi connectivity index (χ3v) is 3.41. The molecule has 4 nitrogen and oxygen atoms in total. The van der Waals surface area contributed by atoms with Crippen molar-refractivity contribution in [2.75, 3.05) is 18.4 Å². The van der Waals surface area contributed by atoms with Crippen molar-refractivity contribution in [1.29, 1.82) is 0 Å². The van der Waals surface area contributed by atoms with Crippen LogP contribution in [0.5, 0.6) is 0 Å². The molecule has 1 aliphatic rings. The zero-order valence-electron chi connectivity index (χ0n) is 10.5. The smallest absolute Gasteiger partial charge is 0.233 e. The lowest BCUT2D eigenvalue weighted by atomic mass is 9.81. The minimum Gasteiger partial charge on any atom is -0.316 e. The molecule has 98 valence electrons. The van der Waals surface area contributed by atoms with Gasteiger partial charge in [-0.05, 0) is 31.5 Å². The van der Waals surface area contributed by atoms with Crippen LogP contribution < -0.4 is 10.6 Å². The summed E-state index contributed by atoms with van der Waals surface area (Å²) in [7, 11) is 0. The van der Waals surface area contributed by atoms with Gasteiger partial charge in [0.2, 0.25) is 11.9 Å². The van der Waals surface area contributed by atoms with Gasteiger partial charge in [0.1, 0.15) is 5.82 Å². The summed E-state index contributed by atoms with van der Waals surface area (Å²) in [5, 5.41) is 5.94. The number of carbonyl (C=O) groups is 1. The lowest BCUT2D eigenvalue weighted by molar-refractivity contribution is -0.125. The number of nitrogens with zero attached hydrogens (tertiary/aromatic N) is 1. The van der Waals surface area contributed by atoms with E-state index in [-0.39, 0.29) is 17.1 Å². The summed E-state index contributed by atoms with van der Waals surface area (Å²) in [6, 6.07) is 4.40. The highest BCUT2D eigenvalue weighted by atomic mass is 19.1. The number of carbonyl (C=O) groups excluding carboxylic acids is 1. The van der Waals surface area contributed by atoms with Crippen LogP contribution in [-0.4, -0.2) is 24.0 Å². The fourth-order valence-electron chi connectivity index (χ4n) is 2.47. The van der Waals surface area contributed by atoms with E-state index in [0.29, 0.717) is 6.54 Å². The Labute approximate surface area is 106 Å². The molecule has 0 saturated carbocycles. The van der Waals surface area contributed by atoms with Crippen molar-refractivity contribution in [3.8, 4) is 0 Å². The molecular formula is C13H18FN3O. The van der Waals surface area contributed by atoms with Crippen molar-refractivity contribution in [3.63, 3.8) is 0 Å². The molecule has 1 aliphatic heterocycles. The molecule has 18 heavy (non-hydrogen) atoms. The average Bonchev–Trinajstić information content (AvgIpc) is 2.79. The number of anilines is 1. The largest absolute Gasteiger partial charge is 0.316 e. The molecule has 1 atom stereocenters. The second-order valence-corrected chi connectivity index (χ2v) is 4.76. The number of rotatable bonds is 4. The lowest BCUT2D eigenvalue weighted by Gasteiger charge is -2.26. The molecule has 0 radical (unpaired) electrons. The van der Waals surface area contributed by atoms with E-state index < -0.39 is 5.95 Å². The van der Waals surface area contributed by atoms with E-state index >= 15 is 0 Å². The fourth-order valence-corrected chi connectivity index (χ4v) is 2.47. The van der Waals surface area contributed by atoms with Gasteiger partial charge < -0.3 is 10.6 Å². The first-order valence-corrected chi connectivity index (χ1v) is 6.31. The predicted octanol–water partition coefficient (Wildman–Crippen LogP) is 1.94. The Morgan fingerprint density at radius 2 is 2.44 bits per heavy atom. The van der Waals surface area contributed by atoms with E-state index in [0.717, 1.165) is 25.8 Å². The Balaban J connectivity index is 2.10. The number of amides is 1. The van der Waals surface area contributed by atoms with Crippen LogP contribution in [0, 0.1) is 11.4 Å². The molecule has 1 saturated heterocycles. The first kappa shape index (κ1) is 13.0. The van der Waals surface area contributed by atoms with Crippen LogP contribution >= 0.6 is 0 Å². The Bertz CT molecular complexity index is 430. The van der Waals surface area contributed by atoms with E-state index in [2.05, 4.69) is 22.5 Å². The first-order chi connectivity index (χ1) is 8.66. The van der Waals surface area contributed by atoms with Crippen LogP contribution in [0.2, 0.25) is 0 Å². The van der Waals surface area contributed by atoms with Crippen molar-refractivity contribution < 1.29 is 9.18 Å². The summed E-state index contributed by atoms with van der Waals surface area (Å²) in [5.74, 6) is -0.364. The van der Waals surface area contributed by atoms with Gasteiger partial charge >= 0.3 is 0 Å². The summed E-state index contributed by atoms with van der Waals surface area (Å²) in [6.07, 6.45) is 2.61. The van der Waals surface area contributed by atoms with Gasteiger partial charge in [0.05, 0.1) is 5.41 Å². The molecular weight excluding hydrogens is 233 g/mol. The summed E-state index contributed by atoms with van der Waals surface area (Å²) in [4.78, 5) is 16.0. The van der Waals surface area contributed by atoms with Crippen molar-refractivity contribution in [3.05, 3.63) is 24.1 Å². The first-order valence-electron chi connectivity index (χ1n) is 6.31. The highest BCUT2D eigenvalue weighted by molar-refractivity contribution is 5.95. The Morgan fingerprint density at radius 3 is 3.06 bits per heavy atom. The average molecular weight is 251 g/mol. The molecule has 5 heteroatoms. The molecule has 0 aliphatic carbocycles. The molecule has 1 unspecified atom stereocenters. The molecule has 0 spiro atoms. The standard InChI is InChI=1S/C13H18FN3O/c1-2-6-13(7-8-15-9-13)12(18)17-11-5-3-4-10(14)16-11/h3-5,15H,2,6-9H2,1H3,(H,16,17,18). The van der Waals surface area contributed by atoms with Gasteiger partial charge in [-0.25, -0.2) is 4.98 Å². The zero-order chi connectivity index (χ0) is 13.0. The number of pyridine rings is 1. The SMILES string of the molecule is CCCC1(C(=O)Nc2cccc(F)n2)CCNC1. The summed E-state index contributed by atoms with van der Waals surface area (Å²) in [5.41, 5.74) is -0.372. The molecule has 2 rings (SSSR count). The van der Waals surface area contributed by atoms with Crippen molar-refractivity contribution in [1.82, 2.24) is 10.3 Å². The van der Waals surface area contributed by atoms with Gasteiger partial charge in [0.15, 0.2) is 0 Å². The number of hydrogen-bond donors (Lipinski definition) is 2. The molecule has 1 fully saturated rings. The minimum absolute atomic E-state index is 0.0625. The second kappa shape index (κ2) is 5.44. The Kier molecular flexibility index (Phi) is 3.91. The van der Waals surface area contributed by atoms with Crippen molar-refractivity contribution in [2.45, 2.75) is 26.2 Å².